The summed E-state index contributed by atoms with van der Waals surface area (Å²) in [5, 5.41) is 3.07. The van der Waals surface area contributed by atoms with E-state index in [0.29, 0.717) is 23.7 Å². The van der Waals surface area contributed by atoms with Gasteiger partial charge in [-0.25, -0.2) is 8.78 Å². The Kier molecular flexibility index (Phi) is 6.03. The van der Waals surface area contributed by atoms with E-state index in [1.807, 2.05) is 37.5 Å². The van der Waals surface area contributed by atoms with Gasteiger partial charge in [-0.2, -0.15) is 0 Å². The van der Waals surface area contributed by atoms with Gasteiger partial charge in [-0.05, 0) is 55.4 Å². The first-order chi connectivity index (χ1) is 13.1. The second kappa shape index (κ2) is 8.45. The van der Waals surface area contributed by atoms with Gasteiger partial charge in [0.25, 0.3) is 0 Å². The van der Waals surface area contributed by atoms with Crippen LogP contribution in [0.2, 0.25) is 0 Å². The van der Waals surface area contributed by atoms with E-state index in [9.17, 15) is 8.78 Å². The van der Waals surface area contributed by atoms with Crippen LogP contribution in [0.25, 0.3) is 11.3 Å². The summed E-state index contributed by atoms with van der Waals surface area (Å²) in [5.41, 5.74) is 1.45. The molecule has 2 aromatic carbocycles. The smallest absolute Gasteiger partial charge is 0.150 e. The Bertz CT molecular complexity index is 944. The second-order valence-electron chi connectivity index (χ2n) is 5.79. The van der Waals surface area contributed by atoms with Gasteiger partial charge in [0.15, 0.2) is 0 Å². The maximum Gasteiger partial charge on any atom is 0.150 e. The third-order valence-electron chi connectivity index (χ3n) is 4.00. The van der Waals surface area contributed by atoms with Crippen molar-refractivity contribution < 1.29 is 18.3 Å². The monoisotopic (exact) mass is 390 g/mol. The number of rotatable bonds is 7. The van der Waals surface area contributed by atoms with Gasteiger partial charge >= 0.3 is 0 Å². The molecule has 0 fully saturated rings. The molecule has 1 heterocycles. The predicted molar refractivity (Wildman–Crippen MR) is 103 cm³/mol. The fourth-order valence-corrected chi connectivity index (χ4v) is 3.81. The number of hydrogen-bond acceptors (Lipinski definition) is 4. The van der Waals surface area contributed by atoms with Crippen molar-refractivity contribution in [2.45, 2.75) is 11.4 Å². The van der Waals surface area contributed by atoms with Crippen LogP contribution >= 0.6 is 11.9 Å². The first-order valence-corrected chi connectivity index (χ1v) is 9.05. The second-order valence-corrected chi connectivity index (χ2v) is 6.83. The molecule has 3 aromatic rings. The summed E-state index contributed by atoms with van der Waals surface area (Å²) in [6.07, 6.45) is 1.86. The van der Waals surface area contributed by atoms with Gasteiger partial charge in [0.2, 0.25) is 0 Å². The van der Waals surface area contributed by atoms with Crippen LogP contribution in [0.15, 0.2) is 53.6 Å². The van der Waals surface area contributed by atoms with E-state index in [4.69, 9.17) is 9.47 Å². The van der Waals surface area contributed by atoms with Gasteiger partial charge < -0.3 is 14.8 Å². The first kappa shape index (κ1) is 19.3. The Labute approximate surface area is 161 Å². The van der Waals surface area contributed by atoms with E-state index < -0.39 is 11.6 Å². The third kappa shape index (κ3) is 4.09. The van der Waals surface area contributed by atoms with Crippen molar-refractivity contribution in [3.05, 3.63) is 65.9 Å². The molecule has 0 aliphatic heterocycles. The zero-order chi connectivity index (χ0) is 19.4. The number of nitrogens with zero attached hydrogens (tertiary/aromatic N) is 1. The van der Waals surface area contributed by atoms with Crippen LogP contribution in [-0.2, 0) is 6.54 Å². The van der Waals surface area contributed by atoms with Crippen LogP contribution in [0, 0.1) is 11.6 Å². The highest BCUT2D eigenvalue weighted by atomic mass is 32.2. The summed E-state index contributed by atoms with van der Waals surface area (Å²) in [6.45, 7) is 0.527. The molecule has 1 aromatic heterocycles. The maximum absolute atomic E-state index is 14.5. The van der Waals surface area contributed by atoms with E-state index in [2.05, 4.69) is 5.32 Å². The molecule has 0 spiro atoms. The molecule has 0 bridgehead atoms. The van der Waals surface area contributed by atoms with Crippen molar-refractivity contribution in [1.29, 1.82) is 0 Å². The summed E-state index contributed by atoms with van der Waals surface area (Å²) < 4.78 is 41.0. The van der Waals surface area contributed by atoms with E-state index in [1.54, 1.807) is 11.1 Å². The number of ether oxygens (including phenoxy) is 2. The van der Waals surface area contributed by atoms with Crippen LogP contribution in [0.3, 0.4) is 0 Å². The Morgan fingerprint density at radius 3 is 2.59 bits per heavy atom. The number of nitrogens with one attached hydrogen (secondary N) is 1. The van der Waals surface area contributed by atoms with Gasteiger partial charge in [-0.3, -0.25) is 3.97 Å². The molecule has 0 aliphatic carbocycles. The number of hydrogen-bond donors (Lipinski definition) is 1. The molecule has 0 radical (unpaired) electrons. The number of methoxy groups -OCH3 is 2. The van der Waals surface area contributed by atoms with E-state index in [1.165, 1.54) is 25.1 Å². The molecule has 0 aliphatic rings. The largest absolute Gasteiger partial charge is 0.497 e. The van der Waals surface area contributed by atoms with Crippen LogP contribution in [0.4, 0.5) is 8.78 Å². The molecule has 0 atom stereocenters. The lowest BCUT2D eigenvalue weighted by Crippen LogP contribution is -2.05. The van der Waals surface area contributed by atoms with Crippen LogP contribution in [-0.4, -0.2) is 25.2 Å². The average Bonchev–Trinajstić information content (AvgIpc) is 3.00. The molecule has 3 rings (SSSR count). The molecular weight excluding hydrogens is 370 g/mol. The minimum Gasteiger partial charge on any atom is -0.497 e. The molecule has 0 unspecified atom stereocenters. The zero-order valence-electron chi connectivity index (χ0n) is 15.3. The molecular formula is C20H20F2N2O2S. The van der Waals surface area contributed by atoms with Gasteiger partial charge in [0, 0.05) is 28.8 Å². The Morgan fingerprint density at radius 2 is 1.89 bits per heavy atom. The lowest BCUT2D eigenvalue weighted by Gasteiger charge is -2.12. The molecule has 4 nitrogen and oxygen atoms in total. The minimum atomic E-state index is -0.517. The normalized spacial score (nSPS) is 10.9. The molecule has 0 amide bonds. The fraction of sp³-hybridized carbons (Fsp3) is 0.200. The van der Waals surface area contributed by atoms with Gasteiger partial charge in [-0.15, -0.1) is 0 Å². The van der Waals surface area contributed by atoms with Crippen LogP contribution in [0.1, 0.15) is 5.56 Å². The van der Waals surface area contributed by atoms with E-state index >= 15 is 0 Å². The quantitative estimate of drug-likeness (QED) is 0.633. The Balaban J connectivity index is 2.15. The summed E-state index contributed by atoms with van der Waals surface area (Å²) in [5.74, 6) is 0.191. The standard InChI is InChI=1S/C20H20F2N2O2S/c1-23-11-13-12-24(27-16-6-4-5-15(10-16)25-2)19(20(13)26-3)17-9-14(21)7-8-18(17)22/h4-10,12,23H,11H2,1-3H3. The van der Waals surface area contributed by atoms with Gasteiger partial charge in [0.05, 0.1) is 14.2 Å². The minimum absolute atomic E-state index is 0.143. The van der Waals surface area contributed by atoms with Crippen molar-refractivity contribution in [1.82, 2.24) is 9.29 Å². The third-order valence-corrected chi connectivity index (χ3v) is 4.95. The zero-order valence-corrected chi connectivity index (χ0v) is 16.1. The molecule has 0 saturated heterocycles. The number of aromatic nitrogens is 1. The topological polar surface area (TPSA) is 35.4 Å². The predicted octanol–water partition coefficient (Wildman–Crippen LogP) is 4.73. The van der Waals surface area contributed by atoms with Crippen LogP contribution in [0.5, 0.6) is 11.5 Å². The van der Waals surface area contributed by atoms with Gasteiger partial charge in [0.1, 0.15) is 28.8 Å². The van der Waals surface area contributed by atoms with Crippen molar-refractivity contribution in [3.8, 4) is 22.8 Å². The van der Waals surface area contributed by atoms with Crippen molar-refractivity contribution in [3.63, 3.8) is 0 Å². The van der Waals surface area contributed by atoms with Crippen molar-refractivity contribution in [2.24, 2.45) is 0 Å². The molecule has 27 heavy (non-hydrogen) atoms. The highest BCUT2D eigenvalue weighted by Crippen LogP contribution is 2.41. The number of halogens is 2. The molecule has 142 valence electrons. The summed E-state index contributed by atoms with van der Waals surface area (Å²) in [4.78, 5) is 0.890. The molecule has 1 N–H and O–H groups in total. The fourth-order valence-electron chi connectivity index (χ4n) is 2.82. The summed E-state index contributed by atoms with van der Waals surface area (Å²) in [6, 6.07) is 10.9. The van der Waals surface area contributed by atoms with E-state index in [-0.39, 0.29) is 5.56 Å². The highest BCUT2D eigenvalue weighted by Gasteiger charge is 2.22. The Morgan fingerprint density at radius 1 is 1.07 bits per heavy atom. The van der Waals surface area contributed by atoms with E-state index in [0.717, 1.165) is 22.6 Å². The summed E-state index contributed by atoms with van der Waals surface area (Å²) in [7, 11) is 4.94. The summed E-state index contributed by atoms with van der Waals surface area (Å²) >= 11 is 1.37. The SMILES string of the molecule is CNCc1cn(Sc2cccc(OC)c2)c(-c2cc(F)ccc2F)c1OC. The molecule has 0 saturated carbocycles. The van der Waals surface area contributed by atoms with Crippen molar-refractivity contribution >= 4 is 11.9 Å². The lowest BCUT2D eigenvalue weighted by atomic mass is 10.1. The Hall–Kier alpha value is -2.51. The maximum atomic E-state index is 14.5. The first-order valence-electron chi connectivity index (χ1n) is 8.28. The lowest BCUT2D eigenvalue weighted by molar-refractivity contribution is 0.411. The number of benzene rings is 2. The highest BCUT2D eigenvalue weighted by molar-refractivity contribution is 7.98. The van der Waals surface area contributed by atoms with Gasteiger partial charge in [-0.1, -0.05) is 6.07 Å². The average molecular weight is 390 g/mol. The van der Waals surface area contributed by atoms with Crippen LogP contribution < -0.4 is 14.8 Å². The molecule has 7 heteroatoms. The van der Waals surface area contributed by atoms with Crippen molar-refractivity contribution in [2.75, 3.05) is 21.3 Å².